The average Bonchev–Trinajstić information content (AvgIpc) is 2.16. The maximum absolute atomic E-state index is 11.3. The lowest BCUT2D eigenvalue weighted by Gasteiger charge is -2.19. The van der Waals surface area contributed by atoms with Crippen LogP contribution in [0.1, 0.15) is 0 Å². The minimum atomic E-state index is -1.14. The zero-order chi connectivity index (χ0) is 11.0. The second-order valence-electron chi connectivity index (χ2n) is 3.18. The van der Waals surface area contributed by atoms with Gasteiger partial charge in [-0.05, 0) is 12.1 Å². The third-order valence-electron chi connectivity index (χ3n) is 2.04. The maximum Gasteiger partial charge on any atom is 0.262 e. The van der Waals surface area contributed by atoms with E-state index >= 15 is 0 Å². The lowest BCUT2D eigenvalue weighted by Crippen LogP contribution is -2.26. The summed E-state index contributed by atoms with van der Waals surface area (Å²) in [7, 11) is -1.14. The van der Waals surface area contributed by atoms with Gasteiger partial charge in [0.2, 0.25) is 0 Å². The van der Waals surface area contributed by atoms with Crippen LogP contribution in [-0.2, 0) is 15.6 Å². The van der Waals surface area contributed by atoms with Crippen molar-refractivity contribution < 1.29 is 13.7 Å². The predicted molar refractivity (Wildman–Crippen MR) is 57.3 cm³/mol. The number of fused-ring (bicyclic) bond motifs is 1. The molecule has 3 N–H and O–H groups in total. The first-order chi connectivity index (χ1) is 7.08. The van der Waals surface area contributed by atoms with Crippen molar-refractivity contribution in [3.05, 3.63) is 12.1 Å². The van der Waals surface area contributed by atoms with Crippen molar-refractivity contribution in [1.82, 2.24) is 0 Å². The summed E-state index contributed by atoms with van der Waals surface area (Å²) in [5.41, 5.74) is 6.58. The molecular weight excluding hydrogens is 216 g/mol. The third kappa shape index (κ3) is 1.80. The fourth-order valence-corrected chi connectivity index (χ4v) is 1.94. The molecule has 1 aromatic rings. The van der Waals surface area contributed by atoms with Crippen molar-refractivity contribution in [2.75, 3.05) is 23.9 Å². The van der Waals surface area contributed by atoms with Crippen LogP contribution in [0.15, 0.2) is 17.0 Å². The van der Waals surface area contributed by atoms with Crippen molar-refractivity contribution in [3.8, 4) is 5.75 Å². The second kappa shape index (κ2) is 3.54. The molecule has 15 heavy (non-hydrogen) atoms. The van der Waals surface area contributed by atoms with E-state index in [1.54, 1.807) is 18.4 Å². The molecule has 6 heteroatoms. The van der Waals surface area contributed by atoms with Crippen LogP contribution in [0.2, 0.25) is 0 Å². The van der Waals surface area contributed by atoms with Gasteiger partial charge in [-0.1, -0.05) is 0 Å². The molecule has 5 nitrogen and oxygen atoms in total. The van der Waals surface area contributed by atoms with E-state index in [0.717, 1.165) is 0 Å². The number of benzene rings is 1. The molecule has 80 valence electrons. The average molecular weight is 226 g/mol. The number of hydrogen-bond acceptors (Lipinski definition) is 4. The summed E-state index contributed by atoms with van der Waals surface area (Å²) in [6.07, 6.45) is 1.55. The number of rotatable bonds is 1. The van der Waals surface area contributed by atoms with Crippen molar-refractivity contribution in [1.29, 1.82) is 0 Å². The van der Waals surface area contributed by atoms with Gasteiger partial charge < -0.3 is 15.8 Å². The lowest BCUT2D eigenvalue weighted by atomic mass is 10.2. The Morgan fingerprint density at radius 1 is 1.53 bits per heavy atom. The Morgan fingerprint density at radius 2 is 2.27 bits per heavy atom. The number of amides is 1. The largest absolute Gasteiger partial charge is 0.479 e. The van der Waals surface area contributed by atoms with E-state index in [2.05, 4.69) is 5.32 Å². The van der Waals surface area contributed by atoms with Gasteiger partial charge in [0, 0.05) is 22.0 Å². The molecule has 1 aliphatic rings. The summed E-state index contributed by atoms with van der Waals surface area (Å²) in [4.78, 5) is 11.6. The van der Waals surface area contributed by atoms with Crippen molar-refractivity contribution >= 4 is 28.1 Å². The van der Waals surface area contributed by atoms with Crippen molar-refractivity contribution in [3.63, 3.8) is 0 Å². The Hall–Kier alpha value is -1.56. The summed E-state index contributed by atoms with van der Waals surface area (Å²) >= 11 is 0. The van der Waals surface area contributed by atoms with E-state index in [4.69, 9.17) is 10.5 Å². The monoisotopic (exact) mass is 226 g/mol. The van der Waals surface area contributed by atoms with Gasteiger partial charge in [0.05, 0.1) is 11.4 Å². The fourth-order valence-electron chi connectivity index (χ4n) is 1.37. The van der Waals surface area contributed by atoms with Gasteiger partial charge in [-0.15, -0.1) is 0 Å². The van der Waals surface area contributed by atoms with Crippen molar-refractivity contribution in [2.45, 2.75) is 4.90 Å². The first-order valence-electron chi connectivity index (χ1n) is 4.27. The number of carbonyl (C=O) groups is 1. The quantitative estimate of drug-likeness (QED) is 0.676. The second-order valence-corrected chi connectivity index (χ2v) is 4.56. The van der Waals surface area contributed by atoms with Crippen LogP contribution in [0.4, 0.5) is 11.4 Å². The van der Waals surface area contributed by atoms with Crippen LogP contribution < -0.4 is 15.8 Å². The SMILES string of the molecule is CS(=O)c1cc(N)c2c(c1)NC(=O)CO2. The number of nitrogens with two attached hydrogens (primary N) is 1. The zero-order valence-electron chi connectivity index (χ0n) is 8.07. The van der Waals surface area contributed by atoms with Crippen molar-refractivity contribution in [2.24, 2.45) is 0 Å². The molecule has 0 fully saturated rings. The van der Waals surface area contributed by atoms with Gasteiger partial charge in [0.25, 0.3) is 5.91 Å². The molecule has 1 aromatic carbocycles. The van der Waals surface area contributed by atoms with Gasteiger partial charge in [-0.2, -0.15) is 0 Å². The molecule has 0 saturated carbocycles. The Bertz CT molecular complexity index is 459. The highest BCUT2D eigenvalue weighted by molar-refractivity contribution is 7.84. The lowest BCUT2D eigenvalue weighted by molar-refractivity contribution is -0.118. The number of anilines is 2. The summed E-state index contributed by atoms with van der Waals surface area (Å²) < 4.78 is 16.4. The van der Waals surface area contributed by atoms with Crippen LogP contribution in [0.3, 0.4) is 0 Å². The van der Waals surface area contributed by atoms with Gasteiger partial charge in [-0.3, -0.25) is 9.00 Å². The number of hydrogen-bond donors (Lipinski definition) is 2. The predicted octanol–water partition coefficient (Wildman–Crippen LogP) is 0.337. The summed E-state index contributed by atoms with van der Waals surface area (Å²) in [5, 5.41) is 2.62. The molecule has 1 atom stereocenters. The van der Waals surface area contributed by atoms with Crippen LogP contribution in [0, 0.1) is 0 Å². The summed E-state index contributed by atoms with van der Waals surface area (Å²) in [5.74, 6) is 0.213. The van der Waals surface area contributed by atoms with E-state index in [-0.39, 0.29) is 12.5 Å². The van der Waals surface area contributed by atoms with Crippen LogP contribution >= 0.6 is 0 Å². The Labute approximate surface area is 89.1 Å². The maximum atomic E-state index is 11.3. The van der Waals surface area contributed by atoms with Gasteiger partial charge in [-0.25, -0.2) is 0 Å². The van der Waals surface area contributed by atoms with E-state index in [1.807, 2.05) is 0 Å². The fraction of sp³-hybridized carbons (Fsp3) is 0.222. The molecule has 0 radical (unpaired) electrons. The Balaban J connectivity index is 2.53. The molecular formula is C9H10N2O3S. The molecule has 2 rings (SSSR count). The first-order valence-corrected chi connectivity index (χ1v) is 5.83. The number of nitrogens with one attached hydrogen (secondary N) is 1. The molecule has 1 heterocycles. The molecule has 1 unspecified atom stereocenters. The minimum Gasteiger partial charge on any atom is -0.479 e. The number of carbonyl (C=O) groups excluding carboxylic acids is 1. The standard InChI is InChI=1S/C9H10N2O3S/c1-15(13)5-2-6(10)9-7(3-5)11-8(12)4-14-9/h2-3H,4,10H2,1H3,(H,11,12). The topological polar surface area (TPSA) is 81.4 Å². The number of ether oxygens (including phenoxy) is 1. The highest BCUT2D eigenvalue weighted by Gasteiger charge is 2.19. The molecule has 0 aromatic heterocycles. The normalized spacial score (nSPS) is 16.2. The Morgan fingerprint density at radius 3 is 2.93 bits per heavy atom. The highest BCUT2D eigenvalue weighted by Crippen LogP contribution is 2.35. The first kappa shape index (κ1) is 9.97. The van der Waals surface area contributed by atoms with E-state index < -0.39 is 10.8 Å². The van der Waals surface area contributed by atoms with Gasteiger partial charge >= 0.3 is 0 Å². The third-order valence-corrected chi connectivity index (χ3v) is 2.94. The minimum absolute atomic E-state index is 0.0360. The van der Waals surface area contributed by atoms with E-state index in [1.165, 1.54) is 0 Å². The molecule has 0 spiro atoms. The number of nitrogen functional groups attached to an aromatic ring is 1. The van der Waals surface area contributed by atoms with Crippen LogP contribution in [-0.4, -0.2) is 23.0 Å². The van der Waals surface area contributed by atoms with E-state index in [9.17, 15) is 9.00 Å². The molecule has 0 aliphatic carbocycles. The van der Waals surface area contributed by atoms with Gasteiger partial charge in [0.15, 0.2) is 12.4 Å². The summed E-state index contributed by atoms with van der Waals surface area (Å²) in [6.45, 7) is -0.0360. The van der Waals surface area contributed by atoms with Crippen LogP contribution in [0.25, 0.3) is 0 Å². The van der Waals surface area contributed by atoms with E-state index in [0.29, 0.717) is 22.0 Å². The van der Waals surface area contributed by atoms with Gasteiger partial charge in [0.1, 0.15) is 0 Å². The molecule has 1 aliphatic heterocycles. The Kier molecular flexibility index (Phi) is 2.36. The highest BCUT2D eigenvalue weighted by atomic mass is 32.2. The van der Waals surface area contributed by atoms with Crippen LogP contribution in [0.5, 0.6) is 5.75 Å². The molecule has 0 saturated heterocycles. The zero-order valence-corrected chi connectivity index (χ0v) is 8.89. The summed E-state index contributed by atoms with van der Waals surface area (Å²) in [6, 6.07) is 3.20. The smallest absolute Gasteiger partial charge is 0.262 e. The molecule has 0 bridgehead atoms. The molecule has 1 amide bonds.